The molecule has 1 unspecified atom stereocenters. The Hall–Kier alpha value is -0.0400. The fourth-order valence-corrected chi connectivity index (χ4v) is 3.09. The monoisotopic (exact) mass is 209 g/mol. The molecule has 0 aromatic carbocycles. The van der Waals surface area contributed by atoms with Crippen molar-refractivity contribution in [1.82, 2.24) is 5.32 Å². The molecule has 15 heavy (non-hydrogen) atoms. The summed E-state index contributed by atoms with van der Waals surface area (Å²) >= 11 is 0. The predicted molar refractivity (Wildman–Crippen MR) is 66.1 cm³/mol. The van der Waals surface area contributed by atoms with E-state index in [0.29, 0.717) is 5.54 Å². The van der Waals surface area contributed by atoms with Gasteiger partial charge in [-0.3, -0.25) is 0 Å². The Morgan fingerprint density at radius 3 is 2.80 bits per heavy atom. The molecular weight excluding hydrogens is 182 g/mol. The van der Waals surface area contributed by atoms with Crippen LogP contribution in [0.15, 0.2) is 0 Å². The van der Waals surface area contributed by atoms with Gasteiger partial charge in [0.15, 0.2) is 0 Å². The van der Waals surface area contributed by atoms with Crippen LogP contribution in [0.3, 0.4) is 0 Å². The zero-order chi connectivity index (χ0) is 10.6. The zero-order valence-corrected chi connectivity index (χ0v) is 10.4. The Morgan fingerprint density at radius 1 is 1.20 bits per heavy atom. The molecule has 0 spiro atoms. The quantitative estimate of drug-likeness (QED) is 0.724. The van der Waals surface area contributed by atoms with Crippen LogP contribution < -0.4 is 5.32 Å². The molecule has 0 aromatic rings. The third-order valence-corrected chi connectivity index (χ3v) is 4.22. The summed E-state index contributed by atoms with van der Waals surface area (Å²) in [6, 6.07) is 0. The van der Waals surface area contributed by atoms with Gasteiger partial charge in [0.2, 0.25) is 0 Å². The molecule has 1 aliphatic carbocycles. The molecule has 1 saturated heterocycles. The van der Waals surface area contributed by atoms with Crippen molar-refractivity contribution in [2.45, 2.75) is 76.7 Å². The molecule has 1 heterocycles. The highest BCUT2D eigenvalue weighted by molar-refractivity contribution is 4.94. The Balaban J connectivity index is 1.90. The average molecular weight is 209 g/mol. The first-order valence-corrected chi connectivity index (χ1v) is 7.10. The topological polar surface area (TPSA) is 12.0 Å². The predicted octanol–water partition coefficient (Wildman–Crippen LogP) is 3.88. The number of hydrogen-bond donors (Lipinski definition) is 1. The van der Waals surface area contributed by atoms with Crippen LogP contribution in [-0.2, 0) is 0 Å². The molecular formula is C14H27N. The van der Waals surface area contributed by atoms with Gasteiger partial charge >= 0.3 is 0 Å². The SMILES string of the molecule is CCCCC1(CC2CC2)CCCCCN1. The van der Waals surface area contributed by atoms with Gasteiger partial charge in [-0.25, -0.2) is 0 Å². The van der Waals surface area contributed by atoms with Crippen LogP contribution >= 0.6 is 0 Å². The minimum absolute atomic E-state index is 0.549. The second-order valence-corrected chi connectivity index (χ2v) is 5.77. The van der Waals surface area contributed by atoms with E-state index in [1.54, 1.807) is 0 Å². The van der Waals surface area contributed by atoms with Gasteiger partial charge in [0.05, 0.1) is 0 Å². The lowest BCUT2D eigenvalue weighted by atomic mass is 9.83. The van der Waals surface area contributed by atoms with E-state index in [4.69, 9.17) is 0 Å². The van der Waals surface area contributed by atoms with Gasteiger partial charge in [0.25, 0.3) is 0 Å². The highest BCUT2D eigenvalue weighted by Crippen LogP contribution is 2.41. The molecule has 0 aromatic heterocycles. The summed E-state index contributed by atoms with van der Waals surface area (Å²) in [5.41, 5.74) is 0.549. The number of unbranched alkanes of at least 4 members (excludes halogenated alkanes) is 1. The molecule has 1 heteroatoms. The van der Waals surface area contributed by atoms with Gasteiger partial charge in [-0.1, -0.05) is 45.4 Å². The number of hydrogen-bond acceptors (Lipinski definition) is 1. The molecule has 0 amide bonds. The third-order valence-electron chi connectivity index (χ3n) is 4.22. The van der Waals surface area contributed by atoms with Gasteiger partial charge in [-0.15, -0.1) is 0 Å². The zero-order valence-electron chi connectivity index (χ0n) is 10.4. The van der Waals surface area contributed by atoms with E-state index in [2.05, 4.69) is 12.2 Å². The molecule has 2 rings (SSSR count). The molecule has 88 valence electrons. The van der Waals surface area contributed by atoms with Gasteiger partial charge in [0.1, 0.15) is 0 Å². The van der Waals surface area contributed by atoms with Crippen LogP contribution in [0.1, 0.15) is 71.1 Å². The van der Waals surface area contributed by atoms with E-state index in [1.165, 1.54) is 70.8 Å². The average Bonchev–Trinajstić information content (AvgIpc) is 3.04. The minimum Gasteiger partial charge on any atom is -0.311 e. The summed E-state index contributed by atoms with van der Waals surface area (Å²) in [7, 11) is 0. The van der Waals surface area contributed by atoms with Crippen molar-refractivity contribution in [3.63, 3.8) is 0 Å². The van der Waals surface area contributed by atoms with Crippen LogP contribution in [0.4, 0.5) is 0 Å². The Morgan fingerprint density at radius 2 is 2.07 bits per heavy atom. The summed E-state index contributed by atoms with van der Waals surface area (Å²) in [6.45, 7) is 3.60. The molecule has 2 aliphatic rings. The second-order valence-electron chi connectivity index (χ2n) is 5.77. The van der Waals surface area contributed by atoms with Crippen molar-refractivity contribution in [3.05, 3.63) is 0 Å². The molecule has 2 fully saturated rings. The van der Waals surface area contributed by atoms with Gasteiger partial charge < -0.3 is 5.32 Å². The Bertz CT molecular complexity index is 176. The van der Waals surface area contributed by atoms with Crippen molar-refractivity contribution >= 4 is 0 Å². The normalized spacial score (nSPS) is 32.6. The van der Waals surface area contributed by atoms with Crippen LogP contribution in [0.2, 0.25) is 0 Å². The molecule has 1 saturated carbocycles. The first-order chi connectivity index (χ1) is 7.35. The fraction of sp³-hybridized carbons (Fsp3) is 1.00. The summed E-state index contributed by atoms with van der Waals surface area (Å²) in [4.78, 5) is 0. The largest absolute Gasteiger partial charge is 0.311 e. The van der Waals surface area contributed by atoms with Crippen LogP contribution in [0.5, 0.6) is 0 Å². The van der Waals surface area contributed by atoms with E-state index in [1.807, 2.05) is 0 Å². The Labute approximate surface area is 95.0 Å². The van der Waals surface area contributed by atoms with E-state index in [-0.39, 0.29) is 0 Å². The molecule has 1 atom stereocenters. The van der Waals surface area contributed by atoms with Crippen molar-refractivity contribution in [2.24, 2.45) is 5.92 Å². The molecule has 0 bridgehead atoms. The van der Waals surface area contributed by atoms with Gasteiger partial charge in [-0.2, -0.15) is 0 Å². The maximum Gasteiger partial charge on any atom is 0.0184 e. The van der Waals surface area contributed by atoms with Gasteiger partial charge in [-0.05, 0) is 38.1 Å². The lowest BCUT2D eigenvalue weighted by Crippen LogP contribution is -2.45. The number of nitrogens with one attached hydrogen (secondary N) is 1. The maximum absolute atomic E-state index is 3.90. The summed E-state index contributed by atoms with van der Waals surface area (Å²) in [5.74, 6) is 1.08. The summed E-state index contributed by atoms with van der Waals surface area (Å²) in [5, 5.41) is 3.90. The van der Waals surface area contributed by atoms with E-state index >= 15 is 0 Å². The minimum atomic E-state index is 0.549. The summed E-state index contributed by atoms with van der Waals surface area (Å²) < 4.78 is 0. The van der Waals surface area contributed by atoms with Crippen LogP contribution in [-0.4, -0.2) is 12.1 Å². The van der Waals surface area contributed by atoms with Crippen molar-refractivity contribution in [2.75, 3.05) is 6.54 Å². The molecule has 1 nitrogen and oxygen atoms in total. The fourth-order valence-electron chi connectivity index (χ4n) is 3.09. The lowest BCUT2D eigenvalue weighted by molar-refractivity contribution is 0.253. The van der Waals surface area contributed by atoms with Crippen LogP contribution in [0, 0.1) is 5.92 Å². The molecule has 0 radical (unpaired) electrons. The summed E-state index contributed by atoms with van der Waals surface area (Å²) in [6.07, 6.45) is 14.5. The van der Waals surface area contributed by atoms with Crippen molar-refractivity contribution in [3.8, 4) is 0 Å². The van der Waals surface area contributed by atoms with Crippen molar-refractivity contribution < 1.29 is 0 Å². The Kier molecular flexibility index (Phi) is 4.07. The highest BCUT2D eigenvalue weighted by Gasteiger charge is 2.36. The highest BCUT2D eigenvalue weighted by atomic mass is 15.0. The van der Waals surface area contributed by atoms with Crippen molar-refractivity contribution in [1.29, 1.82) is 0 Å². The smallest absolute Gasteiger partial charge is 0.0184 e. The standard InChI is InChI=1S/C14H27N/c1-2-3-9-14(12-13-7-8-13)10-5-4-6-11-15-14/h13,15H,2-12H2,1H3. The first kappa shape index (κ1) is 11.4. The molecule has 1 aliphatic heterocycles. The maximum atomic E-state index is 3.90. The lowest BCUT2D eigenvalue weighted by Gasteiger charge is -2.34. The third kappa shape index (κ3) is 3.48. The first-order valence-electron chi connectivity index (χ1n) is 7.10. The van der Waals surface area contributed by atoms with E-state index < -0.39 is 0 Å². The second kappa shape index (κ2) is 5.34. The van der Waals surface area contributed by atoms with E-state index in [9.17, 15) is 0 Å². The number of rotatable bonds is 5. The molecule has 1 N–H and O–H groups in total. The van der Waals surface area contributed by atoms with Gasteiger partial charge in [0, 0.05) is 5.54 Å². The van der Waals surface area contributed by atoms with Crippen LogP contribution in [0.25, 0.3) is 0 Å². The van der Waals surface area contributed by atoms with E-state index in [0.717, 1.165) is 5.92 Å².